The third-order valence-corrected chi connectivity index (χ3v) is 4.93. The van der Waals surface area contributed by atoms with E-state index >= 15 is 0 Å². The lowest BCUT2D eigenvalue weighted by molar-refractivity contribution is -0.165. The molecule has 2 heterocycles. The van der Waals surface area contributed by atoms with Crippen LogP contribution in [0.2, 0.25) is 10.0 Å². The predicted molar refractivity (Wildman–Crippen MR) is 80.5 cm³/mol. The van der Waals surface area contributed by atoms with Gasteiger partial charge < -0.3 is 14.7 Å². The Morgan fingerprint density at radius 1 is 1.19 bits per heavy atom. The fraction of sp³-hybridized carbons (Fsp3) is 0.533. The van der Waals surface area contributed by atoms with Crippen LogP contribution >= 0.6 is 23.2 Å². The summed E-state index contributed by atoms with van der Waals surface area (Å²) in [4.78, 5) is 14.4. The lowest BCUT2D eigenvalue weighted by Gasteiger charge is -2.55. The zero-order chi connectivity index (χ0) is 15.0. The quantitative estimate of drug-likeness (QED) is 0.907. The Labute approximate surface area is 133 Å². The molecule has 1 atom stereocenters. The number of hydrogen-bond acceptors (Lipinski definition) is 3. The van der Waals surface area contributed by atoms with Crippen molar-refractivity contribution in [2.75, 3.05) is 19.8 Å². The molecular weight excluding hydrogens is 313 g/mol. The van der Waals surface area contributed by atoms with E-state index in [0.717, 1.165) is 19.3 Å². The summed E-state index contributed by atoms with van der Waals surface area (Å²) in [5, 5.41) is 11.2. The van der Waals surface area contributed by atoms with Gasteiger partial charge in [-0.05, 0) is 43.0 Å². The number of benzene rings is 1. The van der Waals surface area contributed by atoms with Gasteiger partial charge in [-0.3, -0.25) is 4.79 Å². The fourth-order valence-electron chi connectivity index (χ4n) is 3.18. The molecule has 21 heavy (non-hydrogen) atoms. The lowest BCUT2D eigenvalue weighted by atomic mass is 9.77. The summed E-state index contributed by atoms with van der Waals surface area (Å²) in [7, 11) is 0. The topological polar surface area (TPSA) is 49.8 Å². The summed E-state index contributed by atoms with van der Waals surface area (Å²) in [5.74, 6) is -0.276. The van der Waals surface area contributed by atoms with Gasteiger partial charge in [-0.1, -0.05) is 23.2 Å². The highest BCUT2D eigenvalue weighted by molar-refractivity contribution is 6.34. The van der Waals surface area contributed by atoms with Gasteiger partial charge >= 0.3 is 0 Å². The molecule has 2 saturated heterocycles. The first-order chi connectivity index (χ1) is 10.0. The zero-order valence-electron chi connectivity index (χ0n) is 11.5. The van der Waals surface area contributed by atoms with Crippen LogP contribution in [0.5, 0.6) is 0 Å². The Morgan fingerprint density at radius 2 is 1.81 bits per heavy atom. The number of likely N-dealkylation sites (tertiary alicyclic amines) is 1. The summed E-state index contributed by atoms with van der Waals surface area (Å²) in [6.07, 6.45) is 1.43. The molecule has 2 fully saturated rings. The molecule has 1 N–H and O–H groups in total. The summed E-state index contributed by atoms with van der Waals surface area (Å²) in [6.45, 7) is 2.02. The average molecular weight is 330 g/mol. The van der Waals surface area contributed by atoms with Gasteiger partial charge in [0.1, 0.15) is 0 Å². The molecule has 0 saturated carbocycles. The largest absolute Gasteiger partial charge is 0.381 e. The molecule has 6 heteroatoms. The van der Waals surface area contributed by atoms with E-state index in [1.165, 1.54) is 0 Å². The smallest absolute Gasteiger partial charge is 0.256 e. The van der Waals surface area contributed by atoms with E-state index in [9.17, 15) is 9.90 Å². The monoisotopic (exact) mass is 329 g/mol. The Morgan fingerprint density at radius 3 is 2.33 bits per heavy atom. The van der Waals surface area contributed by atoms with Crippen molar-refractivity contribution >= 4 is 29.1 Å². The van der Waals surface area contributed by atoms with Gasteiger partial charge in [-0.25, -0.2) is 0 Å². The third-order valence-electron chi connectivity index (χ3n) is 4.50. The normalized spacial score (nSPS) is 22.0. The molecule has 3 rings (SSSR count). The van der Waals surface area contributed by atoms with E-state index in [4.69, 9.17) is 27.9 Å². The third kappa shape index (κ3) is 2.78. The number of amides is 1. The van der Waals surface area contributed by atoms with Crippen LogP contribution in [0.4, 0.5) is 0 Å². The van der Waals surface area contributed by atoms with Gasteiger partial charge in [0.05, 0.1) is 0 Å². The Balaban J connectivity index is 1.78. The molecule has 1 amide bonds. The van der Waals surface area contributed by atoms with E-state index in [2.05, 4.69) is 0 Å². The maximum absolute atomic E-state index is 12.6. The Hall–Kier alpha value is -0.810. The van der Waals surface area contributed by atoms with Gasteiger partial charge in [0.25, 0.3) is 5.91 Å². The van der Waals surface area contributed by atoms with Crippen molar-refractivity contribution in [3.8, 4) is 0 Å². The minimum atomic E-state index is -1.22. The van der Waals surface area contributed by atoms with Crippen molar-refractivity contribution in [1.29, 1.82) is 0 Å². The molecule has 4 nitrogen and oxygen atoms in total. The maximum atomic E-state index is 12.6. The molecule has 2 aliphatic heterocycles. The second-order valence-corrected chi connectivity index (χ2v) is 6.55. The van der Waals surface area contributed by atoms with Crippen LogP contribution in [-0.2, 0) is 9.53 Å². The van der Waals surface area contributed by atoms with Gasteiger partial charge in [0.2, 0.25) is 0 Å². The molecule has 1 spiro atoms. The summed E-state index contributed by atoms with van der Waals surface area (Å²) in [6, 6.07) is 4.73. The molecule has 1 unspecified atom stereocenters. The van der Waals surface area contributed by atoms with E-state index < -0.39 is 6.10 Å². The number of hydrogen-bond donors (Lipinski definition) is 1. The van der Waals surface area contributed by atoms with Crippen LogP contribution in [0.3, 0.4) is 0 Å². The highest BCUT2D eigenvalue weighted by Gasteiger charge is 2.49. The molecule has 0 aromatic heterocycles. The number of ether oxygens (including phenoxy) is 1. The number of rotatable bonds is 2. The number of carbonyl (C=O) groups excluding carboxylic acids is 1. The Kier molecular flexibility index (Phi) is 4.14. The summed E-state index contributed by atoms with van der Waals surface area (Å²) in [5.41, 5.74) is 0.310. The first-order valence-electron chi connectivity index (χ1n) is 7.05. The predicted octanol–water partition coefficient (Wildman–Crippen LogP) is 2.81. The van der Waals surface area contributed by atoms with E-state index in [-0.39, 0.29) is 11.4 Å². The van der Waals surface area contributed by atoms with Gasteiger partial charge in [0, 0.05) is 35.3 Å². The molecular formula is C15H17Cl2NO3. The fourth-order valence-corrected chi connectivity index (χ4v) is 3.72. The molecule has 0 bridgehead atoms. The number of nitrogens with zero attached hydrogens (tertiary/aromatic N) is 1. The second-order valence-electron chi connectivity index (χ2n) is 5.68. The van der Waals surface area contributed by atoms with Crippen LogP contribution in [-0.4, -0.2) is 41.2 Å². The average Bonchev–Trinajstić information content (AvgIpc) is 2.45. The molecule has 114 valence electrons. The zero-order valence-corrected chi connectivity index (χ0v) is 13.0. The molecule has 1 aromatic rings. The first-order valence-corrected chi connectivity index (χ1v) is 7.81. The van der Waals surface area contributed by atoms with Crippen molar-refractivity contribution in [2.24, 2.45) is 0 Å². The molecule has 0 radical (unpaired) electrons. The van der Waals surface area contributed by atoms with Crippen LogP contribution < -0.4 is 0 Å². The molecule has 2 aliphatic rings. The van der Waals surface area contributed by atoms with Crippen LogP contribution in [0.25, 0.3) is 0 Å². The van der Waals surface area contributed by atoms with E-state index in [0.29, 0.717) is 35.4 Å². The highest BCUT2D eigenvalue weighted by atomic mass is 35.5. The van der Waals surface area contributed by atoms with Crippen molar-refractivity contribution in [3.05, 3.63) is 33.8 Å². The SMILES string of the molecule is O=C(C(O)c1cc(Cl)cc(Cl)c1)N1CCC12CCOCC2. The Bertz CT molecular complexity index is 538. The number of aliphatic hydroxyl groups is 1. The van der Waals surface area contributed by atoms with Gasteiger partial charge in [-0.15, -0.1) is 0 Å². The van der Waals surface area contributed by atoms with Crippen LogP contribution in [0, 0.1) is 0 Å². The van der Waals surface area contributed by atoms with Gasteiger partial charge in [0.15, 0.2) is 6.10 Å². The maximum Gasteiger partial charge on any atom is 0.256 e. The second kappa shape index (κ2) is 5.76. The van der Waals surface area contributed by atoms with Gasteiger partial charge in [-0.2, -0.15) is 0 Å². The lowest BCUT2D eigenvalue weighted by Crippen LogP contribution is -2.65. The molecule has 0 aliphatic carbocycles. The van der Waals surface area contributed by atoms with E-state index in [1.54, 1.807) is 23.1 Å². The number of carbonyl (C=O) groups is 1. The molecule has 1 aromatic carbocycles. The van der Waals surface area contributed by atoms with Crippen molar-refractivity contribution in [3.63, 3.8) is 0 Å². The first kappa shape index (κ1) is 15.1. The number of halogens is 2. The minimum Gasteiger partial charge on any atom is -0.381 e. The standard InChI is InChI=1S/C15H17Cl2NO3/c16-11-7-10(8-12(17)9-11)13(19)14(20)18-4-1-15(18)2-5-21-6-3-15/h7-9,13,19H,1-6H2. The highest BCUT2D eigenvalue weighted by Crippen LogP contribution is 2.41. The van der Waals surface area contributed by atoms with Crippen LogP contribution in [0.1, 0.15) is 30.9 Å². The van der Waals surface area contributed by atoms with Crippen molar-refractivity contribution < 1.29 is 14.6 Å². The summed E-state index contributed by atoms with van der Waals surface area (Å²) < 4.78 is 5.37. The van der Waals surface area contributed by atoms with E-state index in [1.807, 2.05) is 0 Å². The van der Waals surface area contributed by atoms with Crippen molar-refractivity contribution in [1.82, 2.24) is 4.90 Å². The summed E-state index contributed by atoms with van der Waals surface area (Å²) >= 11 is 11.9. The van der Waals surface area contributed by atoms with Crippen LogP contribution in [0.15, 0.2) is 18.2 Å². The van der Waals surface area contributed by atoms with Crippen molar-refractivity contribution in [2.45, 2.75) is 30.9 Å². The number of aliphatic hydroxyl groups excluding tert-OH is 1. The minimum absolute atomic E-state index is 0.126.